The van der Waals surface area contributed by atoms with Crippen LogP contribution in [0.15, 0.2) is 42.5 Å². The highest BCUT2D eigenvalue weighted by molar-refractivity contribution is 7.92. The molecule has 0 aliphatic heterocycles. The van der Waals surface area contributed by atoms with Crippen LogP contribution in [0.5, 0.6) is 0 Å². The van der Waals surface area contributed by atoms with Gasteiger partial charge in [-0.2, -0.15) is 0 Å². The van der Waals surface area contributed by atoms with E-state index >= 15 is 0 Å². The standard InChI is InChI=1S/C25H33Cl2N3O4S/c1-6-23(25(32)28-14-17(2)3)29(15-19-9-7-8-10-21(19)26)24(31)16-30(35(5,33)34)20-12-11-18(4)22(27)13-20/h7-13,17,23H,6,14-16H2,1-5H3,(H,28,32). The van der Waals surface area contributed by atoms with Crippen molar-refractivity contribution in [3.63, 3.8) is 0 Å². The van der Waals surface area contributed by atoms with Crippen LogP contribution in [0, 0.1) is 12.8 Å². The second-order valence-corrected chi connectivity index (χ2v) is 11.6. The number of halogens is 2. The lowest BCUT2D eigenvalue weighted by atomic mass is 10.1. The van der Waals surface area contributed by atoms with Crippen LogP contribution < -0.4 is 9.62 Å². The highest BCUT2D eigenvalue weighted by Gasteiger charge is 2.32. The van der Waals surface area contributed by atoms with Crippen LogP contribution in [-0.2, 0) is 26.2 Å². The number of amides is 2. The van der Waals surface area contributed by atoms with Crippen molar-refractivity contribution >= 4 is 50.7 Å². The third-order valence-electron chi connectivity index (χ3n) is 5.49. The number of aryl methyl sites for hydroxylation is 1. The Bertz CT molecular complexity index is 1160. The van der Waals surface area contributed by atoms with Crippen LogP contribution in [0.3, 0.4) is 0 Å². The van der Waals surface area contributed by atoms with E-state index in [0.717, 1.165) is 16.1 Å². The van der Waals surface area contributed by atoms with Gasteiger partial charge in [0.2, 0.25) is 21.8 Å². The van der Waals surface area contributed by atoms with Crippen molar-refractivity contribution in [2.75, 3.05) is 23.7 Å². The zero-order valence-corrected chi connectivity index (χ0v) is 23.0. The number of nitrogens with one attached hydrogen (secondary N) is 1. The third kappa shape index (κ3) is 8.12. The van der Waals surface area contributed by atoms with E-state index in [-0.39, 0.29) is 24.1 Å². The second-order valence-electron chi connectivity index (χ2n) is 8.88. The minimum Gasteiger partial charge on any atom is -0.354 e. The number of carbonyl (C=O) groups is 2. The van der Waals surface area contributed by atoms with E-state index in [2.05, 4.69) is 5.32 Å². The fraction of sp³-hybridized carbons (Fsp3) is 0.440. The second kappa shape index (κ2) is 12.6. The number of benzene rings is 2. The van der Waals surface area contributed by atoms with Gasteiger partial charge >= 0.3 is 0 Å². The fourth-order valence-corrected chi connectivity index (χ4v) is 4.71. The fourth-order valence-electron chi connectivity index (χ4n) is 3.50. The van der Waals surface area contributed by atoms with Crippen LogP contribution in [0.1, 0.15) is 38.3 Å². The summed E-state index contributed by atoms with van der Waals surface area (Å²) in [6, 6.07) is 11.0. The molecule has 7 nitrogen and oxygen atoms in total. The van der Waals surface area contributed by atoms with Gasteiger partial charge in [0.05, 0.1) is 11.9 Å². The maximum atomic E-state index is 13.6. The molecule has 0 radical (unpaired) electrons. The number of rotatable bonds is 11. The summed E-state index contributed by atoms with van der Waals surface area (Å²) < 4.78 is 26.3. The normalized spacial score (nSPS) is 12.3. The largest absolute Gasteiger partial charge is 0.354 e. The summed E-state index contributed by atoms with van der Waals surface area (Å²) in [5.41, 5.74) is 1.71. The van der Waals surface area contributed by atoms with Gasteiger partial charge in [0, 0.05) is 23.1 Å². The van der Waals surface area contributed by atoms with Crippen molar-refractivity contribution in [2.24, 2.45) is 5.92 Å². The first-order valence-electron chi connectivity index (χ1n) is 11.4. The lowest BCUT2D eigenvalue weighted by Crippen LogP contribution is -2.52. The Balaban J connectivity index is 2.45. The monoisotopic (exact) mass is 541 g/mol. The minimum absolute atomic E-state index is 0.0539. The van der Waals surface area contributed by atoms with E-state index in [1.165, 1.54) is 11.0 Å². The maximum absolute atomic E-state index is 13.6. The zero-order valence-electron chi connectivity index (χ0n) is 20.7. The lowest BCUT2D eigenvalue weighted by Gasteiger charge is -2.33. The summed E-state index contributed by atoms with van der Waals surface area (Å²) >= 11 is 12.6. The van der Waals surface area contributed by atoms with Gasteiger partial charge < -0.3 is 10.2 Å². The number of anilines is 1. The molecule has 192 valence electrons. The maximum Gasteiger partial charge on any atom is 0.244 e. The Labute approximate surface area is 218 Å². The van der Waals surface area contributed by atoms with Crippen LogP contribution in [0.25, 0.3) is 0 Å². The van der Waals surface area contributed by atoms with Gasteiger partial charge in [-0.15, -0.1) is 0 Å². The van der Waals surface area contributed by atoms with Crippen LogP contribution in [0.2, 0.25) is 10.0 Å². The highest BCUT2D eigenvalue weighted by Crippen LogP contribution is 2.26. The van der Waals surface area contributed by atoms with Crippen molar-refractivity contribution in [3.8, 4) is 0 Å². The highest BCUT2D eigenvalue weighted by atomic mass is 35.5. The third-order valence-corrected chi connectivity index (χ3v) is 7.41. The molecule has 0 heterocycles. The Morgan fingerprint density at radius 3 is 2.26 bits per heavy atom. The molecule has 0 spiro atoms. The molecule has 2 aromatic carbocycles. The summed E-state index contributed by atoms with van der Waals surface area (Å²) in [4.78, 5) is 28.1. The molecule has 35 heavy (non-hydrogen) atoms. The first kappa shape index (κ1) is 28.9. The topological polar surface area (TPSA) is 86.8 Å². The molecule has 2 rings (SSSR count). The molecular weight excluding hydrogens is 509 g/mol. The molecule has 0 aromatic heterocycles. The van der Waals surface area contributed by atoms with Crippen molar-refractivity contribution in [1.29, 1.82) is 0 Å². The van der Waals surface area contributed by atoms with Crippen LogP contribution >= 0.6 is 23.2 Å². The van der Waals surface area contributed by atoms with Crippen molar-refractivity contribution in [1.82, 2.24) is 10.2 Å². The molecule has 1 atom stereocenters. The van der Waals surface area contributed by atoms with E-state index in [1.54, 1.807) is 50.2 Å². The van der Waals surface area contributed by atoms with E-state index in [4.69, 9.17) is 23.2 Å². The van der Waals surface area contributed by atoms with Gasteiger partial charge in [-0.25, -0.2) is 8.42 Å². The Morgan fingerprint density at radius 1 is 1.06 bits per heavy atom. The summed E-state index contributed by atoms with van der Waals surface area (Å²) in [6.07, 6.45) is 1.37. The lowest BCUT2D eigenvalue weighted by molar-refractivity contribution is -0.140. The predicted octanol–water partition coefficient (Wildman–Crippen LogP) is 4.65. The van der Waals surface area contributed by atoms with Crippen LogP contribution in [-0.4, -0.2) is 50.5 Å². The molecule has 0 saturated heterocycles. The Hall–Kier alpha value is -2.29. The summed E-state index contributed by atoms with van der Waals surface area (Å²) in [6.45, 7) is 7.58. The van der Waals surface area contributed by atoms with Crippen LogP contribution in [0.4, 0.5) is 5.69 Å². The number of carbonyl (C=O) groups excluding carboxylic acids is 2. The minimum atomic E-state index is -3.83. The Kier molecular flexibility index (Phi) is 10.4. The van der Waals surface area contributed by atoms with Crippen molar-refractivity contribution in [2.45, 2.75) is 46.7 Å². The number of hydrogen-bond acceptors (Lipinski definition) is 4. The molecule has 0 fully saturated rings. The van der Waals surface area contributed by atoms with Gasteiger partial charge in [-0.3, -0.25) is 13.9 Å². The zero-order chi connectivity index (χ0) is 26.3. The molecule has 1 N–H and O–H groups in total. The average Bonchev–Trinajstić information content (AvgIpc) is 2.78. The van der Waals surface area contributed by atoms with E-state index < -0.39 is 28.5 Å². The predicted molar refractivity (Wildman–Crippen MR) is 142 cm³/mol. The van der Waals surface area contributed by atoms with E-state index in [1.807, 2.05) is 13.8 Å². The molecule has 2 aromatic rings. The van der Waals surface area contributed by atoms with Gasteiger partial charge in [0.1, 0.15) is 12.6 Å². The number of nitrogens with zero attached hydrogens (tertiary/aromatic N) is 2. The smallest absolute Gasteiger partial charge is 0.244 e. The molecule has 10 heteroatoms. The molecule has 0 bridgehead atoms. The molecular formula is C25H33Cl2N3O4S. The molecule has 0 aliphatic carbocycles. The summed E-state index contributed by atoms with van der Waals surface area (Å²) in [7, 11) is -3.83. The van der Waals surface area contributed by atoms with Gasteiger partial charge in [0.25, 0.3) is 0 Å². The SMILES string of the molecule is CCC(C(=O)NCC(C)C)N(Cc1ccccc1Cl)C(=O)CN(c1ccc(C)c(Cl)c1)S(C)(=O)=O. The van der Waals surface area contributed by atoms with E-state index in [9.17, 15) is 18.0 Å². The Morgan fingerprint density at radius 2 is 1.71 bits per heavy atom. The van der Waals surface area contributed by atoms with Crippen molar-refractivity contribution in [3.05, 3.63) is 63.6 Å². The first-order valence-corrected chi connectivity index (χ1v) is 14.0. The number of sulfonamides is 1. The van der Waals surface area contributed by atoms with Gasteiger partial charge in [0.15, 0.2) is 0 Å². The quantitative estimate of drug-likeness (QED) is 0.448. The van der Waals surface area contributed by atoms with Gasteiger partial charge in [-0.1, -0.05) is 68.2 Å². The molecule has 0 aliphatic rings. The summed E-state index contributed by atoms with van der Waals surface area (Å²) in [5, 5.41) is 3.72. The van der Waals surface area contributed by atoms with E-state index in [0.29, 0.717) is 28.6 Å². The first-order chi connectivity index (χ1) is 16.3. The molecule has 1 unspecified atom stereocenters. The summed E-state index contributed by atoms with van der Waals surface area (Å²) in [5.74, 6) is -0.597. The van der Waals surface area contributed by atoms with Gasteiger partial charge in [-0.05, 0) is 48.6 Å². The molecule has 2 amide bonds. The molecule has 0 saturated carbocycles. The number of hydrogen-bond donors (Lipinski definition) is 1. The average molecular weight is 543 g/mol. The van der Waals surface area contributed by atoms with Crippen molar-refractivity contribution < 1.29 is 18.0 Å².